The van der Waals surface area contributed by atoms with Crippen LogP contribution >= 0.6 is 22.7 Å². The van der Waals surface area contributed by atoms with Gasteiger partial charge < -0.3 is 4.57 Å². The molecule has 0 aliphatic rings. The van der Waals surface area contributed by atoms with Crippen LogP contribution in [0.2, 0.25) is 0 Å². The third-order valence-corrected chi connectivity index (χ3v) is 11.8. The van der Waals surface area contributed by atoms with Crippen LogP contribution in [0.25, 0.3) is 90.4 Å². The lowest BCUT2D eigenvalue weighted by Gasteiger charge is -2.11. The van der Waals surface area contributed by atoms with E-state index >= 15 is 0 Å². The summed E-state index contributed by atoms with van der Waals surface area (Å²) in [6, 6.07) is 59.9. The number of aromatic nitrogens is 1. The summed E-state index contributed by atoms with van der Waals surface area (Å²) in [4.78, 5) is 0. The fraction of sp³-hybridized carbons (Fsp3) is 0. The summed E-state index contributed by atoms with van der Waals surface area (Å²) in [6.07, 6.45) is 0. The van der Waals surface area contributed by atoms with Crippen molar-refractivity contribution in [1.29, 1.82) is 0 Å². The van der Waals surface area contributed by atoms with E-state index in [1.54, 1.807) is 0 Å². The van der Waals surface area contributed by atoms with Gasteiger partial charge >= 0.3 is 0 Å². The van der Waals surface area contributed by atoms with Crippen LogP contribution in [0.15, 0.2) is 164 Å². The number of hydrogen-bond donors (Lipinski definition) is 0. The highest BCUT2D eigenvalue weighted by molar-refractivity contribution is 7.27. The molecule has 220 valence electrons. The minimum atomic E-state index is 1.19. The van der Waals surface area contributed by atoms with E-state index in [1.165, 1.54) is 90.4 Å². The minimum absolute atomic E-state index is 1.19. The number of fused-ring (bicyclic) bond motifs is 8. The van der Waals surface area contributed by atoms with E-state index in [4.69, 9.17) is 0 Å². The second-order valence-electron chi connectivity index (χ2n) is 12.1. The second-order valence-corrected chi connectivity index (χ2v) is 14.2. The van der Waals surface area contributed by atoms with Gasteiger partial charge in [-0.05, 0) is 75.8 Å². The summed E-state index contributed by atoms with van der Waals surface area (Å²) in [5.74, 6) is 0. The van der Waals surface area contributed by atoms with Gasteiger partial charge in [0.25, 0.3) is 0 Å². The maximum absolute atomic E-state index is 2.46. The minimum Gasteiger partial charge on any atom is -0.308 e. The summed E-state index contributed by atoms with van der Waals surface area (Å²) < 4.78 is 7.77. The zero-order valence-corrected chi connectivity index (χ0v) is 27.0. The Kier molecular flexibility index (Phi) is 5.98. The monoisotopic (exact) mass is 633 g/mol. The van der Waals surface area contributed by atoms with Crippen LogP contribution in [0, 0.1) is 0 Å². The average molecular weight is 634 g/mol. The lowest BCUT2D eigenvalue weighted by molar-refractivity contribution is 1.19. The predicted octanol–water partition coefficient (Wildman–Crippen LogP) is 13.4. The van der Waals surface area contributed by atoms with Crippen molar-refractivity contribution in [2.45, 2.75) is 0 Å². The molecular weight excluding hydrogens is 607 g/mol. The Balaban J connectivity index is 1.18. The molecule has 0 spiro atoms. The molecular formula is C44H27NS2. The van der Waals surface area contributed by atoms with Crippen molar-refractivity contribution in [3.63, 3.8) is 0 Å². The number of benzene rings is 7. The molecule has 0 unspecified atom stereocenters. The standard InChI is InChI=1S/C44H27NS2/c1-3-12-28(13-4-1)29-24-25-39-37(27-29)35-21-10-20-34(43(35)46-39)31-15-9-14-30(26-31)33-19-11-23-40-41(33)42-44(47-40)36-18-7-8-22-38(36)45(42)32-16-5-2-6-17-32/h1-27H. The van der Waals surface area contributed by atoms with Crippen LogP contribution in [0.3, 0.4) is 0 Å². The van der Waals surface area contributed by atoms with Crippen molar-refractivity contribution in [3.05, 3.63) is 164 Å². The van der Waals surface area contributed by atoms with Crippen LogP contribution in [-0.4, -0.2) is 4.57 Å². The summed E-state index contributed by atoms with van der Waals surface area (Å²) in [5.41, 5.74) is 11.3. The van der Waals surface area contributed by atoms with E-state index in [2.05, 4.69) is 168 Å². The van der Waals surface area contributed by atoms with Crippen LogP contribution in [-0.2, 0) is 0 Å². The third-order valence-electron chi connectivity index (χ3n) is 9.41. The Morgan fingerprint density at radius 2 is 1.04 bits per heavy atom. The number of thiophene rings is 2. The molecule has 10 aromatic rings. The first-order chi connectivity index (χ1) is 23.3. The Labute approximate surface area is 280 Å². The van der Waals surface area contributed by atoms with Crippen LogP contribution in [0.4, 0.5) is 0 Å². The van der Waals surface area contributed by atoms with Gasteiger partial charge in [-0.15, -0.1) is 22.7 Å². The predicted molar refractivity (Wildman–Crippen MR) is 205 cm³/mol. The fourth-order valence-electron chi connectivity index (χ4n) is 7.29. The maximum atomic E-state index is 2.46. The fourth-order valence-corrected chi connectivity index (χ4v) is 9.75. The number of hydrogen-bond acceptors (Lipinski definition) is 2. The van der Waals surface area contributed by atoms with E-state index in [0.717, 1.165) is 0 Å². The Bertz CT molecular complexity index is 2780. The van der Waals surface area contributed by atoms with Gasteiger partial charge in [0.05, 0.1) is 15.7 Å². The van der Waals surface area contributed by atoms with E-state index in [0.29, 0.717) is 0 Å². The summed E-state index contributed by atoms with van der Waals surface area (Å²) in [6.45, 7) is 0. The average Bonchev–Trinajstić information content (AvgIpc) is 3.81. The Morgan fingerprint density at radius 1 is 0.383 bits per heavy atom. The molecule has 3 aromatic heterocycles. The van der Waals surface area contributed by atoms with E-state index in [9.17, 15) is 0 Å². The quantitative estimate of drug-likeness (QED) is 0.182. The van der Waals surface area contributed by atoms with Gasteiger partial charge in [0.15, 0.2) is 0 Å². The lowest BCUT2D eigenvalue weighted by Crippen LogP contribution is -1.93. The van der Waals surface area contributed by atoms with Gasteiger partial charge in [-0.2, -0.15) is 0 Å². The summed E-state index contributed by atoms with van der Waals surface area (Å²) in [5, 5.41) is 5.26. The molecule has 0 aliphatic carbocycles. The number of nitrogens with zero attached hydrogens (tertiary/aromatic N) is 1. The van der Waals surface area contributed by atoms with Gasteiger partial charge in [-0.1, -0.05) is 121 Å². The van der Waals surface area contributed by atoms with Crippen molar-refractivity contribution in [1.82, 2.24) is 4.57 Å². The van der Waals surface area contributed by atoms with Gasteiger partial charge in [-0.25, -0.2) is 0 Å². The third kappa shape index (κ3) is 4.14. The topological polar surface area (TPSA) is 4.93 Å². The molecule has 10 rings (SSSR count). The molecule has 0 amide bonds. The zero-order chi connectivity index (χ0) is 30.9. The lowest BCUT2D eigenvalue weighted by atomic mass is 9.96. The molecule has 47 heavy (non-hydrogen) atoms. The summed E-state index contributed by atoms with van der Waals surface area (Å²) >= 11 is 3.80. The van der Waals surface area contributed by atoms with Gasteiger partial charge in [0.1, 0.15) is 0 Å². The van der Waals surface area contributed by atoms with Crippen molar-refractivity contribution in [3.8, 4) is 39.1 Å². The molecule has 0 N–H and O–H groups in total. The van der Waals surface area contributed by atoms with Crippen LogP contribution in [0.1, 0.15) is 0 Å². The molecule has 0 radical (unpaired) electrons. The van der Waals surface area contributed by atoms with E-state index < -0.39 is 0 Å². The molecule has 0 bridgehead atoms. The first-order valence-corrected chi connectivity index (χ1v) is 17.6. The maximum Gasteiger partial charge on any atom is 0.0734 e. The van der Waals surface area contributed by atoms with Gasteiger partial charge in [0.2, 0.25) is 0 Å². The smallest absolute Gasteiger partial charge is 0.0734 e. The normalized spacial score (nSPS) is 11.8. The summed E-state index contributed by atoms with van der Waals surface area (Å²) in [7, 11) is 0. The largest absolute Gasteiger partial charge is 0.308 e. The number of para-hydroxylation sites is 2. The van der Waals surface area contributed by atoms with E-state index in [-0.39, 0.29) is 0 Å². The van der Waals surface area contributed by atoms with Crippen molar-refractivity contribution in [2.24, 2.45) is 0 Å². The van der Waals surface area contributed by atoms with Crippen molar-refractivity contribution in [2.75, 3.05) is 0 Å². The van der Waals surface area contributed by atoms with Crippen LogP contribution < -0.4 is 0 Å². The van der Waals surface area contributed by atoms with Crippen LogP contribution in [0.5, 0.6) is 0 Å². The number of rotatable bonds is 4. The molecule has 1 nitrogen and oxygen atoms in total. The van der Waals surface area contributed by atoms with E-state index in [1.807, 2.05) is 22.7 Å². The molecule has 3 heteroatoms. The molecule has 0 aliphatic heterocycles. The highest BCUT2D eigenvalue weighted by Gasteiger charge is 2.20. The molecule has 3 heterocycles. The molecule has 0 saturated heterocycles. The van der Waals surface area contributed by atoms with Gasteiger partial charge in [0, 0.05) is 41.3 Å². The second kappa shape index (κ2) is 10.5. The zero-order valence-electron chi connectivity index (χ0n) is 25.4. The highest BCUT2D eigenvalue weighted by Crippen LogP contribution is 2.47. The first-order valence-electron chi connectivity index (χ1n) is 15.9. The highest BCUT2D eigenvalue weighted by atomic mass is 32.1. The SMILES string of the molecule is c1ccc(-c2ccc3sc4c(-c5cccc(-c6cccc7sc8c9ccccc9n(-c9ccccc9)c8c67)c5)cccc4c3c2)cc1. The molecule has 7 aromatic carbocycles. The Morgan fingerprint density at radius 3 is 1.91 bits per heavy atom. The van der Waals surface area contributed by atoms with Crippen molar-refractivity contribution < 1.29 is 0 Å². The molecule has 0 fully saturated rings. The van der Waals surface area contributed by atoms with Crippen molar-refractivity contribution >= 4 is 74.1 Å². The molecule has 0 saturated carbocycles. The molecule has 0 atom stereocenters. The first kappa shape index (κ1) is 26.7. The van der Waals surface area contributed by atoms with Gasteiger partial charge in [-0.3, -0.25) is 0 Å². The Hall–Kier alpha value is -5.48.